The first-order valence-electron chi connectivity index (χ1n) is 12.7. The highest BCUT2D eigenvalue weighted by molar-refractivity contribution is 5.93. The van der Waals surface area contributed by atoms with E-state index < -0.39 is 0 Å². The lowest BCUT2D eigenvalue weighted by atomic mass is 9.93. The van der Waals surface area contributed by atoms with Gasteiger partial charge in [0.2, 0.25) is 5.91 Å². The van der Waals surface area contributed by atoms with Crippen molar-refractivity contribution in [3.05, 3.63) is 54.2 Å². The predicted octanol–water partition coefficient (Wildman–Crippen LogP) is 4.27. The number of hydrogen-bond donors (Lipinski definition) is 2. The molecule has 1 fully saturated rings. The maximum atomic E-state index is 12.9. The average molecular weight is 491 g/mol. The van der Waals surface area contributed by atoms with Crippen LogP contribution in [0.25, 0.3) is 10.8 Å². The molecule has 190 valence electrons. The summed E-state index contributed by atoms with van der Waals surface area (Å²) in [5.74, 6) is 2.55. The SMILES string of the molecule is COCCNc1nc([C@@H]2CCCN(CC(=O)Nc3ccc4c(c3)OCCCO4)C2)cc2ccccc12. The Morgan fingerprint density at radius 1 is 1.11 bits per heavy atom. The molecule has 2 aromatic carbocycles. The monoisotopic (exact) mass is 490 g/mol. The second-order valence-corrected chi connectivity index (χ2v) is 9.37. The third-order valence-corrected chi connectivity index (χ3v) is 6.68. The molecule has 36 heavy (non-hydrogen) atoms. The molecule has 1 aromatic heterocycles. The number of piperidine rings is 1. The number of hydrogen-bond acceptors (Lipinski definition) is 7. The van der Waals surface area contributed by atoms with Crippen molar-refractivity contribution < 1.29 is 19.0 Å². The Balaban J connectivity index is 1.24. The van der Waals surface area contributed by atoms with Gasteiger partial charge in [0.25, 0.3) is 0 Å². The minimum Gasteiger partial charge on any atom is -0.490 e. The first-order chi connectivity index (χ1) is 17.7. The molecule has 1 atom stereocenters. The molecule has 0 spiro atoms. The summed E-state index contributed by atoms with van der Waals surface area (Å²) in [5, 5.41) is 8.74. The molecule has 0 bridgehead atoms. The second kappa shape index (κ2) is 11.6. The standard InChI is InChI=1S/C28H34N4O4/c1-34-15-11-29-28-23-8-3-2-6-20(23)16-24(31-28)21-7-4-12-32(18-21)19-27(33)30-22-9-10-25-26(17-22)36-14-5-13-35-25/h2-3,6,8-10,16-17,21H,4-5,7,11-15,18-19H2,1H3,(H,29,31)(H,30,33)/t21-/m1/s1. The summed E-state index contributed by atoms with van der Waals surface area (Å²) in [6.45, 7) is 4.63. The van der Waals surface area contributed by atoms with Gasteiger partial charge in [-0.2, -0.15) is 0 Å². The molecular formula is C28H34N4O4. The third kappa shape index (κ3) is 5.88. The van der Waals surface area contributed by atoms with E-state index in [1.807, 2.05) is 24.3 Å². The van der Waals surface area contributed by atoms with Crippen LogP contribution in [0.2, 0.25) is 0 Å². The van der Waals surface area contributed by atoms with Gasteiger partial charge in [-0.05, 0) is 43.0 Å². The number of carbonyl (C=O) groups excluding carboxylic acids is 1. The molecule has 0 radical (unpaired) electrons. The lowest BCUT2D eigenvalue weighted by molar-refractivity contribution is -0.117. The van der Waals surface area contributed by atoms with Crippen LogP contribution in [-0.2, 0) is 9.53 Å². The topological polar surface area (TPSA) is 85.0 Å². The summed E-state index contributed by atoms with van der Waals surface area (Å²) in [6.07, 6.45) is 2.94. The summed E-state index contributed by atoms with van der Waals surface area (Å²) in [7, 11) is 1.70. The van der Waals surface area contributed by atoms with Crippen molar-refractivity contribution in [3.8, 4) is 11.5 Å². The minimum atomic E-state index is -0.0291. The van der Waals surface area contributed by atoms with Crippen molar-refractivity contribution in [2.75, 3.05) is 63.7 Å². The molecule has 2 N–H and O–H groups in total. The Bertz CT molecular complexity index is 1200. The number of pyridine rings is 1. The number of likely N-dealkylation sites (tertiary alicyclic amines) is 1. The van der Waals surface area contributed by atoms with Crippen molar-refractivity contribution in [2.45, 2.75) is 25.2 Å². The van der Waals surface area contributed by atoms with Crippen molar-refractivity contribution in [1.29, 1.82) is 0 Å². The summed E-state index contributed by atoms with van der Waals surface area (Å²) >= 11 is 0. The van der Waals surface area contributed by atoms with E-state index in [9.17, 15) is 4.79 Å². The molecule has 2 aliphatic rings. The number of anilines is 2. The highest BCUT2D eigenvalue weighted by Crippen LogP contribution is 2.33. The van der Waals surface area contributed by atoms with Gasteiger partial charge in [0, 0.05) is 55.4 Å². The lowest BCUT2D eigenvalue weighted by Gasteiger charge is -2.32. The van der Waals surface area contributed by atoms with Gasteiger partial charge in [-0.15, -0.1) is 0 Å². The third-order valence-electron chi connectivity index (χ3n) is 6.68. The Morgan fingerprint density at radius 3 is 2.86 bits per heavy atom. The zero-order valence-corrected chi connectivity index (χ0v) is 20.8. The summed E-state index contributed by atoms with van der Waals surface area (Å²) < 4.78 is 16.6. The number of carbonyl (C=O) groups is 1. The van der Waals surface area contributed by atoms with Crippen LogP contribution in [0.15, 0.2) is 48.5 Å². The van der Waals surface area contributed by atoms with Gasteiger partial charge in [0.15, 0.2) is 11.5 Å². The lowest BCUT2D eigenvalue weighted by Crippen LogP contribution is -2.40. The Morgan fingerprint density at radius 2 is 1.97 bits per heavy atom. The molecule has 1 saturated heterocycles. The van der Waals surface area contributed by atoms with Crippen LogP contribution in [0, 0.1) is 0 Å². The number of ether oxygens (including phenoxy) is 3. The molecule has 3 aromatic rings. The highest BCUT2D eigenvalue weighted by Gasteiger charge is 2.25. The number of rotatable bonds is 8. The second-order valence-electron chi connectivity index (χ2n) is 9.37. The van der Waals surface area contributed by atoms with Gasteiger partial charge in [0.1, 0.15) is 5.82 Å². The fraction of sp³-hybridized carbons (Fsp3) is 0.429. The van der Waals surface area contributed by atoms with E-state index in [4.69, 9.17) is 19.2 Å². The van der Waals surface area contributed by atoms with Gasteiger partial charge < -0.3 is 24.8 Å². The van der Waals surface area contributed by atoms with Gasteiger partial charge in [-0.3, -0.25) is 9.69 Å². The maximum absolute atomic E-state index is 12.9. The molecule has 0 unspecified atom stereocenters. The van der Waals surface area contributed by atoms with Crippen LogP contribution in [-0.4, -0.2) is 68.9 Å². The molecule has 5 rings (SSSR count). The molecule has 0 saturated carbocycles. The van der Waals surface area contributed by atoms with Crippen LogP contribution in [0.4, 0.5) is 11.5 Å². The number of amides is 1. The van der Waals surface area contributed by atoms with Crippen LogP contribution >= 0.6 is 0 Å². The zero-order valence-electron chi connectivity index (χ0n) is 20.8. The molecule has 8 nitrogen and oxygen atoms in total. The molecule has 3 heterocycles. The highest BCUT2D eigenvalue weighted by atomic mass is 16.5. The fourth-order valence-electron chi connectivity index (χ4n) is 4.92. The van der Waals surface area contributed by atoms with Crippen LogP contribution in [0.1, 0.15) is 30.9 Å². The van der Waals surface area contributed by atoms with Gasteiger partial charge in [-0.25, -0.2) is 4.98 Å². The minimum absolute atomic E-state index is 0.0291. The van der Waals surface area contributed by atoms with E-state index in [1.54, 1.807) is 7.11 Å². The largest absolute Gasteiger partial charge is 0.490 e. The Labute approximate surface area is 211 Å². The average Bonchev–Trinajstić information content (AvgIpc) is 3.14. The first-order valence-corrected chi connectivity index (χ1v) is 12.7. The van der Waals surface area contributed by atoms with E-state index in [2.05, 4.69) is 39.8 Å². The van der Waals surface area contributed by atoms with Crippen molar-refractivity contribution in [2.24, 2.45) is 0 Å². The molecule has 1 amide bonds. The molecular weight excluding hydrogens is 456 g/mol. The van der Waals surface area contributed by atoms with E-state index >= 15 is 0 Å². The van der Waals surface area contributed by atoms with Crippen LogP contribution < -0.4 is 20.1 Å². The predicted molar refractivity (Wildman–Crippen MR) is 141 cm³/mol. The van der Waals surface area contributed by atoms with Crippen molar-refractivity contribution in [3.63, 3.8) is 0 Å². The van der Waals surface area contributed by atoms with Gasteiger partial charge in [0.05, 0.1) is 26.4 Å². The number of nitrogens with zero attached hydrogens (tertiary/aromatic N) is 2. The van der Waals surface area contributed by atoms with Crippen molar-refractivity contribution >= 4 is 28.2 Å². The Kier molecular flexibility index (Phi) is 7.83. The fourth-order valence-corrected chi connectivity index (χ4v) is 4.92. The number of benzene rings is 2. The molecule has 0 aliphatic carbocycles. The first kappa shape index (κ1) is 24.3. The zero-order chi connectivity index (χ0) is 24.7. The Hall–Kier alpha value is -3.36. The van der Waals surface area contributed by atoms with E-state index in [0.717, 1.165) is 60.7 Å². The smallest absolute Gasteiger partial charge is 0.238 e. The van der Waals surface area contributed by atoms with Gasteiger partial charge in [-0.1, -0.05) is 24.3 Å². The van der Waals surface area contributed by atoms with E-state index in [-0.39, 0.29) is 11.8 Å². The number of aromatic nitrogens is 1. The maximum Gasteiger partial charge on any atom is 0.238 e. The van der Waals surface area contributed by atoms with E-state index in [0.29, 0.717) is 38.7 Å². The normalized spacial score (nSPS) is 18.0. The summed E-state index contributed by atoms with van der Waals surface area (Å²) in [5.41, 5.74) is 1.79. The number of nitrogens with one attached hydrogen (secondary N) is 2. The van der Waals surface area contributed by atoms with Crippen molar-refractivity contribution in [1.82, 2.24) is 9.88 Å². The van der Waals surface area contributed by atoms with Crippen LogP contribution in [0.3, 0.4) is 0 Å². The summed E-state index contributed by atoms with van der Waals surface area (Å²) in [6, 6.07) is 16.1. The molecule has 8 heteroatoms. The quantitative estimate of drug-likeness (QED) is 0.456. The summed E-state index contributed by atoms with van der Waals surface area (Å²) in [4.78, 5) is 20.1. The molecule has 2 aliphatic heterocycles. The van der Waals surface area contributed by atoms with Crippen LogP contribution in [0.5, 0.6) is 11.5 Å². The van der Waals surface area contributed by atoms with E-state index in [1.165, 1.54) is 5.39 Å². The van der Waals surface area contributed by atoms with Gasteiger partial charge >= 0.3 is 0 Å². The number of fused-ring (bicyclic) bond motifs is 2. The number of methoxy groups -OCH3 is 1.